The molecule has 16 nitrogen and oxygen atoms in total. The number of carbonyl (C=O) groups is 2. The molecule has 2 amide bonds. The molecule has 3 aliphatic heterocycles. The van der Waals surface area contributed by atoms with Crippen LogP contribution in [0.2, 0.25) is 0 Å². The van der Waals surface area contributed by atoms with E-state index >= 15 is 0 Å². The topological polar surface area (TPSA) is 182 Å². The Labute approximate surface area is 349 Å². The van der Waals surface area contributed by atoms with E-state index in [-0.39, 0.29) is 53.4 Å². The van der Waals surface area contributed by atoms with Crippen LogP contribution in [0.4, 0.5) is 21.0 Å². The van der Waals surface area contributed by atoms with E-state index in [1.54, 1.807) is 34.1 Å². The van der Waals surface area contributed by atoms with Crippen LogP contribution in [0.5, 0.6) is 11.5 Å². The molecule has 3 aliphatic rings. The van der Waals surface area contributed by atoms with Crippen LogP contribution >= 0.6 is 15.9 Å². The number of halogens is 1. The van der Waals surface area contributed by atoms with Crippen molar-refractivity contribution in [3.8, 4) is 11.5 Å². The van der Waals surface area contributed by atoms with E-state index in [0.29, 0.717) is 32.6 Å². The molecule has 0 aliphatic carbocycles. The zero-order valence-corrected chi connectivity index (χ0v) is 37.1. The smallest absolute Gasteiger partial charge is 0.490 e. The lowest BCUT2D eigenvalue weighted by molar-refractivity contribution is -0.385. The van der Waals surface area contributed by atoms with Crippen molar-refractivity contribution in [1.82, 2.24) is 9.80 Å². The second kappa shape index (κ2) is 19.4. The van der Waals surface area contributed by atoms with E-state index in [0.717, 1.165) is 27.5 Å². The Morgan fingerprint density at radius 2 is 1.19 bits per heavy atom. The van der Waals surface area contributed by atoms with Gasteiger partial charge in [-0.05, 0) is 117 Å². The highest BCUT2D eigenvalue weighted by atomic mass is 79.9. The van der Waals surface area contributed by atoms with E-state index in [4.69, 9.17) is 28.3 Å². The van der Waals surface area contributed by atoms with Gasteiger partial charge in [0.05, 0.1) is 35.3 Å². The minimum atomic E-state index is -0.521. The number of benzene rings is 2. The van der Waals surface area contributed by atoms with E-state index in [9.17, 15) is 29.8 Å². The minimum absolute atomic E-state index is 0.0271. The third kappa shape index (κ3) is 13.4. The molecule has 0 saturated carbocycles. The Morgan fingerprint density at radius 3 is 1.59 bits per heavy atom. The standard InChI is InChI=1S/C17H22N2O5.C16H28BNO4.C7H6BrNO3/c1-17(2,3)24-16(20)18-9-7-12(8-10-18)13-5-6-14(19(21)22)15(11-13)23-4;1-14(2,3)20-13(19)18-10-8-12(9-11-18)17-21-15(4,5)16(6,7)22-17;1-12-7-4-5(8)2-3-6(7)9(10)11/h5-7,11H,8-10H2,1-4H3;8H,9-11H2,1-7H3;2-4H,1H3. The molecule has 0 atom stereocenters. The highest BCUT2D eigenvalue weighted by Crippen LogP contribution is 2.39. The molecule has 5 rings (SSSR count). The van der Waals surface area contributed by atoms with Gasteiger partial charge in [0.15, 0.2) is 11.5 Å². The van der Waals surface area contributed by atoms with Crippen LogP contribution in [0.25, 0.3) is 5.57 Å². The molecule has 0 bridgehead atoms. The molecule has 3 heterocycles. The lowest BCUT2D eigenvalue weighted by Crippen LogP contribution is -2.41. The third-order valence-corrected chi connectivity index (χ3v) is 9.89. The molecular weight excluding hydrogens is 819 g/mol. The van der Waals surface area contributed by atoms with Crippen LogP contribution in [-0.4, -0.2) is 102 Å². The molecule has 0 spiro atoms. The summed E-state index contributed by atoms with van der Waals surface area (Å²) in [6, 6.07) is 9.35. The first-order chi connectivity index (χ1) is 26.8. The molecular formula is C40H56BBrN4O12. The van der Waals surface area contributed by atoms with Crippen LogP contribution in [0.3, 0.4) is 0 Å². The summed E-state index contributed by atoms with van der Waals surface area (Å²) < 4.78 is 33.5. The summed E-state index contributed by atoms with van der Waals surface area (Å²) in [5, 5.41) is 21.4. The Kier molecular flexibility index (Phi) is 15.9. The first-order valence-electron chi connectivity index (χ1n) is 18.8. The fraction of sp³-hybridized carbons (Fsp3) is 0.550. The predicted octanol–water partition coefficient (Wildman–Crippen LogP) is 9.18. The lowest BCUT2D eigenvalue weighted by atomic mass is 9.75. The molecule has 0 unspecified atom stereocenters. The van der Waals surface area contributed by atoms with Gasteiger partial charge in [0.2, 0.25) is 0 Å². The van der Waals surface area contributed by atoms with Gasteiger partial charge >= 0.3 is 30.7 Å². The van der Waals surface area contributed by atoms with Crippen LogP contribution < -0.4 is 9.47 Å². The number of hydrogen-bond donors (Lipinski definition) is 0. The number of methoxy groups -OCH3 is 2. The molecule has 0 aromatic heterocycles. The van der Waals surface area contributed by atoms with Gasteiger partial charge in [-0.15, -0.1) is 0 Å². The van der Waals surface area contributed by atoms with Gasteiger partial charge in [-0.3, -0.25) is 20.2 Å². The van der Waals surface area contributed by atoms with Gasteiger partial charge in [0, 0.05) is 48.9 Å². The Bertz CT molecular complexity index is 1870. The van der Waals surface area contributed by atoms with Gasteiger partial charge in [0.25, 0.3) is 0 Å². The van der Waals surface area contributed by atoms with Crippen molar-refractivity contribution in [3.63, 3.8) is 0 Å². The summed E-state index contributed by atoms with van der Waals surface area (Å²) >= 11 is 3.18. The van der Waals surface area contributed by atoms with E-state index in [2.05, 4.69) is 15.9 Å². The molecule has 0 N–H and O–H groups in total. The Morgan fingerprint density at radius 1 is 0.741 bits per heavy atom. The monoisotopic (exact) mass is 874 g/mol. The highest BCUT2D eigenvalue weighted by Gasteiger charge is 2.52. The maximum absolute atomic E-state index is 12.1. The van der Waals surface area contributed by atoms with Gasteiger partial charge < -0.3 is 38.1 Å². The summed E-state index contributed by atoms with van der Waals surface area (Å²) in [6.07, 6.45) is 4.76. The minimum Gasteiger partial charge on any atom is -0.490 e. The number of carbonyl (C=O) groups excluding carboxylic acids is 2. The fourth-order valence-electron chi connectivity index (χ4n) is 5.64. The van der Waals surface area contributed by atoms with Crippen LogP contribution in [0.15, 0.2) is 58.5 Å². The number of hydrogen-bond acceptors (Lipinski definition) is 12. The zero-order chi connectivity index (χ0) is 43.8. The second-order valence-corrected chi connectivity index (χ2v) is 17.6. The first kappa shape index (κ1) is 47.7. The van der Waals surface area contributed by atoms with Gasteiger partial charge in [0.1, 0.15) is 11.2 Å². The number of amides is 2. The Balaban J connectivity index is 0.000000245. The van der Waals surface area contributed by atoms with Crippen molar-refractivity contribution in [3.05, 3.63) is 84.3 Å². The van der Waals surface area contributed by atoms with E-state index < -0.39 is 21.0 Å². The van der Waals surface area contributed by atoms with Gasteiger partial charge in [-0.1, -0.05) is 28.1 Å². The number of nitro groups is 2. The molecule has 318 valence electrons. The SMILES string of the molecule is CC(C)(C)OC(=O)N1CC=C(B2OC(C)(C)C(C)(C)O2)CC1.COc1cc(Br)ccc1[N+](=O)[O-].COc1cc(C2=CCN(C(=O)OC(C)(C)C)CC2)ccc1[N+](=O)[O-]. The average Bonchev–Trinajstić information content (AvgIpc) is 3.36. The quantitative estimate of drug-likeness (QED) is 0.153. The number of rotatable bonds is 6. The van der Waals surface area contributed by atoms with E-state index in [1.807, 2.05) is 81.4 Å². The Hall–Kier alpha value is -4.68. The third-order valence-electron chi connectivity index (χ3n) is 9.40. The molecule has 58 heavy (non-hydrogen) atoms. The molecule has 2 aromatic rings. The summed E-state index contributed by atoms with van der Waals surface area (Å²) in [6.45, 7) is 21.5. The fourth-order valence-corrected chi connectivity index (χ4v) is 5.98. The average molecular weight is 876 g/mol. The molecule has 1 fully saturated rings. The van der Waals surface area contributed by atoms with Crippen molar-refractivity contribution in [2.45, 2.75) is 104 Å². The highest BCUT2D eigenvalue weighted by molar-refractivity contribution is 9.10. The van der Waals surface area contributed by atoms with Gasteiger partial charge in [-0.25, -0.2) is 9.59 Å². The van der Waals surface area contributed by atoms with Crippen molar-refractivity contribution in [1.29, 1.82) is 0 Å². The second-order valence-electron chi connectivity index (χ2n) is 16.7. The maximum atomic E-state index is 12.1. The number of nitrogens with zero attached hydrogens (tertiary/aromatic N) is 4. The summed E-state index contributed by atoms with van der Waals surface area (Å²) in [5.41, 5.74) is 1.26. The molecule has 1 saturated heterocycles. The number of ether oxygens (including phenoxy) is 4. The largest absolute Gasteiger partial charge is 0.490 e. The molecule has 18 heteroatoms. The van der Waals surface area contributed by atoms with Crippen LogP contribution in [0.1, 0.15) is 87.6 Å². The molecule has 2 aromatic carbocycles. The summed E-state index contributed by atoms with van der Waals surface area (Å²) in [4.78, 5) is 47.9. The van der Waals surface area contributed by atoms with Crippen molar-refractivity contribution in [2.75, 3.05) is 40.4 Å². The lowest BCUT2D eigenvalue weighted by Gasteiger charge is -2.32. The van der Waals surface area contributed by atoms with Crippen molar-refractivity contribution < 1.29 is 47.7 Å². The first-order valence-corrected chi connectivity index (χ1v) is 19.6. The summed E-state index contributed by atoms with van der Waals surface area (Å²) in [7, 11) is 2.49. The van der Waals surface area contributed by atoms with Crippen LogP contribution in [-0.2, 0) is 18.8 Å². The predicted molar refractivity (Wildman–Crippen MR) is 224 cm³/mol. The van der Waals surface area contributed by atoms with Crippen molar-refractivity contribution >= 4 is 52.2 Å². The maximum Gasteiger partial charge on any atom is 0.490 e. The normalized spacial score (nSPS) is 17.3. The van der Waals surface area contributed by atoms with Gasteiger partial charge in [-0.2, -0.15) is 0 Å². The summed E-state index contributed by atoms with van der Waals surface area (Å²) in [5.74, 6) is 0.488. The number of nitro benzene ring substituents is 2. The van der Waals surface area contributed by atoms with Crippen molar-refractivity contribution in [2.24, 2.45) is 0 Å². The molecule has 0 radical (unpaired) electrons. The zero-order valence-electron chi connectivity index (χ0n) is 35.5. The van der Waals surface area contributed by atoms with E-state index in [1.165, 1.54) is 26.4 Å². The van der Waals surface area contributed by atoms with Crippen LogP contribution in [0, 0.1) is 20.2 Å².